The Labute approximate surface area is 118 Å². The molecular formula is C17H27Cl. The quantitative estimate of drug-likeness (QED) is 0.615. The van der Waals surface area contributed by atoms with Crippen molar-refractivity contribution in [3.8, 4) is 0 Å². The second-order valence-corrected chi connectivity index (χ2v) is 6.05. The van der Waals surface area contributed by atoms with Gasteiger partial charge in [0.1, 0.15) is 0 Å². The number of benzene rings is 1. The predicted molar refractivity (Wildman–Crippen MR) is 82.9 cm³/mol. The average molecular weight is 267 g/mol. The van der Waals surface area contributed by atoms with Crippen LogP contribution in [0.5, 0.6) is 0 Å². The number of hydrogen-bond donors (Lipinski definition) is 0. The standard InChI is InChI=1S/C17H27Cl/c1-6-13-11-14(7-2)16(15(8-3)12-13)17(4,5)9-10-18/h11-12H,6-10H2,1-5H3. The van der Waals surface area contributed by atoms with Crippen LogP contribution in [-0.2, 0) is 24.7 Å². The molecule has 0 heterocycles. The summed E-state index contributed by atoms with van der Waals surface area (Å²) in [6, 6.07) is 4.79. The van der Waals surface area contributed by atoms with Gasteiger partial charge < -0.3 is 0 Å². The van der Waals surface area contributed by atoms with Crippen molar-refractivity contribution < 1.29 is 0 Å². The van der Waals surface area contributed by atoms with E-state index in [-0.39, 0.29) is 5.41 Å². The molecule has 1 heteroatoms. The van der Waals surface area contributed by atoms with E-state index in [9.17, 15) is 0 Å². The first-order chi connectivity index (χ1) is 8.50. The summed E-state index contributed by atoms with van der Waals surface area (Å²) in [6.07, 6.45) is 4.39. The minimum atomic E-state index is 0.185. The van der Waals surface area contributed by atoms with Gasteiger partial charge in [-0.25, -0.2) is 0 Å². The van der Waals surface area contributed by atoms with Gasteiger partial charge in [-0.2, -0.15) is 0 Å². The molecule has 1 aromatic carbocycles. The van der Waals surface area contributed by atoms with Gasteiger partial charge in [0.25, 0.3) is 0 Å². The molecule has 0 saturated carbocycles. The number of hydrogen-bond acceptors (Lipinski definition) is 0. The van der Waals surface area contributed by atoms with Gasteiger partial charge in [0.15, 0.2) is 0 Å². The molecular weight excluding hydrogens is 240 g/mol. The van der Waals surface area contributed by atoms with Gasteiger partial charge in [0, 0.05) is 5.88 Å². The third-order valence-electron chi connectivity index (χ3n) is 3.93. The predicted octanol–water partition coefficient (Wildman–Crippen LogP) is 5.28. The highest BCUT2D eigenvalue weighted by Crippen LogP contribution is 2.34. The molecule has 0 N–H and O–H groups in total. The van der Waals surface area contributed by atoms with Crippen LogP contribution in [-0.4, -0.2) is 5.88 Å². The van der Waals surface area contributed by atoms with E-state index < -0.39 is 0 Å². The highest BCUT2D eigenvalue weighted by molar-refractivity contribution is 6.17. The summed E-state index contributed by atoms with van der Waals surface area (Å²) in [5, 5.41) is 0. The fourth-order valence-corrected chi connectivity index (χ4v) is 3.30. The van der Waals surface area contributed by atoms with E-state index in [4.69, 9.17) is 11.6 Å². The maximum Gasteiger partial charge on any atom is 0.0231 e. The molecule has 0 aliphatic carbocycles. The maximum absolute atomic E-state index is 5.99. The molecule has 0 radical (unpaired) electrons. The van der Waals surface area contributed by atoms with E-state index in [2.05, 4.69) is 46.8 Å². The van der Waals surface area contributed by atoms with E-state index >= 15 is 0 Å². The molecule has 0 aliphatic heterocycles. The molecule has 0 aliphatic rings. The second-order valence-electron chi connectivity index (χ2n) is 5.67. The van der Waals surface area contributed by atoms with E-state index in [0.29, 0.717) is 0 Å². The summed E-state index contributed by atoms with van der Waals surface area (Å²) in [7, 11) is 0. The molecule has 0 atom stereocenters. The minimum absolute atomic E-state index is 0.185. The Morgan fingerprint density at radius 3 is 1.78 bits per heavy atom. The third kappa shape index (κ3) is 3.29. The Bertz CT molecular complexity index is 366. The molecule has 0 unspecified atom stereocenters. The SMILES string of the molecule is CCc1cc(CC)c(C(C)(C)CCCl)c(CC)c1. The fourth-order valence-electron chi connectivity index (χ4n) is 2.83. The van der Waals surface area contributed by atoms with Crippen LogP contribution in [0, 0.1) is 0 Å². The van der Waals surface area contributed by atoms with Crippen LogP contribution in [0.3, 0.4) is 0 Å². The Morgan fingerprint density at radius 2 is 1.44 bits per heavy atom. The highest BCUT2D eigenvalue weighted by Gasteiger charge is 2.25. The lowest BCUT2D eigenvalue weighted by molar-refractivity contribution is 0.499. The van der Waals surface area contributed by atoms with Crippen molar-refractivity contribution in [2.45, 2.75) is 65.7 Å². The molecule has 0 fully saturated rings. The molecule has 0 nitrogen and oxygen atoms in total. The van der Waals surface area contributed by atoms with Gasteiger partial charge in [-0.15, -0.1) is 11.6 Å². The van der Waals surface area contributed by atoms with Crippen molar-refractivity contribution in [1.29, 1.82) is 0 Å². The summed E-state index contributed by atoms with van der Waals surface area (Å²) in [5.41, 5.74) is 6.23. The second kappa shape index (κ2) is 6.61. The van der Waals surface area contributed by atoms with Crippen molar-refractivity contribution in [3.63, 3.8) is 0 Å². The van der Waals surface area contributed by atoms with Gasteiger partial charge in [-0.05, 0) is 53.4 Å². The molecule has 102 valence electrons. The van der Waals surface area contributed by atoms with E-state index in [0.717, 1.165) is 31.6 Å². The summed E-state index contributed by atoms with van der Waals surface area (Å²) in [5.74, 6) is 0.731. The van der Waals surface area contributed by atoms with Crippen LogP contribution in [0.25, 0.3) is 0 Å². The number of rotatable bonds is 6. The van der Waals surface area contributed by atoms with Crippen molar-refractivity contribution in [2.75, 3.05) is 5.88 Å². The van der Waals surface area contributed by atoms with Crippen molar-refractivity contribution in [2.24, 2.45) is 0 Å². The van der Waals surface area contributed by atoms with Crippen LogP contribution >= 0.6 is 11.6 Å². The average Bonchev–Trinajstić information content (AvgIpc) is 2.36. The van der Waals surface area contributed by atoms with Crippen LogP contribution in [0.1, 0.15) is 63.3 Å². The Hall–Kier alpha value is -0.490. The minimum Gasteiger partial charge on any atom is -0.127 e. The molecule has 0 amide bonds. The normalized spacial score (nSPS) is 11.9. The first kappa shape index (κ1) is 15.6. The Morgan fingerprint density at radius 1 is 0.944 bits per heavy atom. The lowest BCUT2D eigenvalue weighted by Gasteiger charge is -2.30. The highest BCUT2D eigenvalue weighted by atomic mass is 35.5. The Kier molecular flexibility index (Phi) is 5.72. The monoisotopic (exact) mass is 266 g/mol. The largest absolute Gasteiger partial charge is 0.127 e. The molecule has 0 saturated heterocycles. The summed E-state index contributed by atoms with van der Waals surface area (Å²) in [6.45, 7) is 11.4. The van der Waals surface area contributed by atoms with Gasteiger partial charge in [0.2, 0.25) is 0 Å². The zero-order valence-electron chi connectivity index (χ0n) is 12.6. The molecule has 0 aromatic heterocycles. The van der Waals surface area contributed by atoms with Gasteiger partial charge in [0.05, 0.1) is 0 Å². The van der Waals surface area contributed by atoms with E-state index in [1.165, 1.54) is 16.7 Å². The van der Waals surface area contributed by atoms with Crippen LogP contribution < -0.4 is 0 Å². The van der Waals surface area contributed by atoms with Crippen molar-refractivity contribution in [3.05, 3.63) is 34.4 Å². The van der Waals surface area contributed by atoms with Crippen LogP contribution in [0.15, 0.2) is 12.1 Å². The topological polar surface area (TPSA) is 0 Å². The summed E-state index contributed by atoms with van der Waals surface area (Å²) < 4.78 is 0. The van der Waals surface area contributed by atoms with Crippen LogP contribution in [0.4, 0.5) is 0 Å². The maximum atomic E-state index is 5.99. The molecule has 0 bridgehead atoms. The van der Waals surface area contributed by atoms with Gasteiger partial charge in [-0.3, -0.25) is 0 Å². The first-order valence-electron chi connectivity index (χ1n) is 7.21. The fraction of sp³-hybridized carbons (Fsp3) is 0.647. The summed E-state index contributed by atoms with van der Waals surface area (Å²) in [4.78, 5) is 0. The lowest BCUT2D eigenvalue weighted by atomic mass is 9.75. The number of alkyl halides is 1. The molecule has 1 rings (SSSR count). The zero-order chi connectivity index (χ0) is 13.8. The van der Waals surface area contributed by atoms with E-state index in [1.807, 2.05) is 0 Å². The van der Waals surface area contributed by atoms with Crippen molar-refractivity contribution in [1.82, 2.24) is 0 Å². The molecule has 1 aromatic rings. The number of halogens is 1. The third-order valence-corrected chi connectivity index (χ3v) is 4.12. The number of aryl methyl sites for hydroxylation is 3. The van der Waals surface area contributed by atoms with Crippen molar-refractivity contribution >= 4 is 11.6 Å². The van der Waals surface area contributed by atoms with Gasteiger partial charge >= 0.3 is 0 Å². The van der Waals surface area contributed by atoms with Gasteiger partial charge in [-0.1, -0.05) is 46.8 Å². The first-order valence-corrected chi connectivity index (χ1v) is 7.74. The molecule has 0 spiro atoms. The summed E-state index contributed by atoms with van der Waals surface area (Å²) >= 11 is 5.99. The van der Waals surface area contributed by atoms with E-state index in [1.54, 1.807) is 5.56 Å². The smallest absolute Gasteiger partial charge is 0.0231 e. The zero-order valence-corrected chi connectivity index (χ0v) is 13.3. The molecule has 18 heavy (non-hydrogen) atoms. The Balaban J connectivity index is 3.39. The lowest BCUT2D eigenvalue weighted by Crippen LogP contribution is -2.22. The van der Waals surface area contributed by atoms with Crippen LogP contribution in [0.2, 0.25) is 0 Å².